The Bertz CT molecular complexity index is 690. The van der Waals surface area contributed by atoms with Crippen molar-refractivity contribution in [2.24, 2.45) is 4.99 Å². The minimum Gasteiger partial charge on any atom is -0.375 e. The van der Waals surface area contributed by atoms with Crippen molar-refractivity contribution in [3.63, 3.8) is 0 Å². The molecule has 3 heterocycles. The van der Waals surface area contributed by atoms with Gasteiger partial charge in [-0.25, -0.2) is 4.98 Å². The lowest BCUT2D eigenvalue weighted by atomic mass is 10.2. The molecule has 3 fully saturated rings. The van der Waals surface area contributed by atoms with Crippen LogP contribution in [0.15, 0.2) is 23.3 Å². The van der Waals surface area contributed by atoms with Crippen LogP contribution in [0.3, 0.4) is 0 Å². The van der Waals surface area contributed by atoms with Crippen LogP contribution in [0.25, 0.3) is 0 Å². The number of guanidine groups is 1. The van der Waals surface area contributed by atoms with Gasteiger partial charge in [0.2, 0.25) is 0 Å². The number of nitrogens with one attached hydrogen (secondary N) is 2. The van der Waals surface area contributed by atoms with E-state index in [1.807, 2.05) is 13.2 Å². The normalized spacial score (nSPS) is 26.8. The van der Waals surface area contributed by atoms with E-state index in [2.05, 4.69) is 49.5 Å². The second-order valence-corrected chi connectivity index (χ2v) is 8.64. The summed E-state index contributed by atoms with van der Waals surface area (Å²) in [6, 6.07) is 5.56. The van der Waals surface area contributed by atoms with E-state index in [0.29, 0.717) is 6.04 Å². The molecule has 3 aliphatic rings. The van der Waals surface area contributed by atoms with E-state index < -0.39 is 0 Å². The maximum absolute atomic E-state index is 5.65. The highest BCUT2D eigenvalue weighted by Gasteiger charge is 2.30. The number of anilines is 1. The van der Waals surface area contributed by atoms with Crippen LogP contribution in [0.4, 0.5) is 5.82 Å². The Morgan fingerprint density at radius 1 is 1.24 bits per heavy atom. The molecule has 29 heavy (non-hydrogen) atoms. The molecule has 0 spiro atoms. The number of likely N-dealkylation sites (tertiary alicyclic amines) is 1. The van der Waals surface area contributed by atoms with E-state index >= 15 is 0 Å². The molecule has 1 aliphatic carbocycles. The van der Waals surface area contributed by atoms with Crippen molar-refractivity contribution < 1.29 is 4.74 Å². The van der Waals surface area contributed by atoms with E-state index in [4.69, 9.17) is 4.74 Å². The summed E-state index contributed by atoms with van der Waals surface area (Å²) < 4.78 is 5.65. The molecule has 160 valence electrons. The first kappa shape index (κ1) is 20.4. The summed E-state index contributed by atoms with van der Waals surface area (Å²) >= 11 is 0. The number of ether oxygens (including phenoxy) is 1. The van der Waals surface area contributed by atoms with E-state index in [0.717, 1.165) is 50.6 Å². The predicted octanol–water partition coefficient (Wildman–Crippen LogP) is 1.99. The Balaban J connectivity index is 1.27. The number of morpholine rings is 1. The zero-order chi connectivity index (χ0) is 20.1. The van der Waals surface area contributed by atoms with Crippen LogP contribution >= 0.6 is 0 Å². The van der Waals surface area contributed by atoms with Crippen molar-refractivity contribution in [3.8, 4) is 0 Å². The van der Waals surface area contributed by atoms with Gasteiger partial charge in [0.25, 0.3) is 0 Å². The van der Waals surface area contributed by atoms with Gasteiger partial charge in [-0.05, 0) is 43.9 Å². The van der Waals surface area contributed by atoms with Crippen molar-refractivity contribution >= 4 is 11.8 Å². The monoisotopic (exact) mass is 400 g/mol. The van der Waals surface area contributed by atoms with Crippen molar-refractivity contribution in [2.75, 3.05) is 44.7 Å². The Hall–Kier alpha value is -1.86. The van der Waals surface area contributed by atoms with Gasteiger partial charge in [0.05, 0.1) is 12.7 Å². The number of hydrogen-bond acceptors (Lipinski definition) is 5. The van der Waals surface area contributed by atoms with Gasteiger partial charge in [0.15, 0.2) is 5.96 Å². The van der Waals surface area contributed by atoms with E-state index in [1.165, 1.54) is 44.2 Å². The molecule has 0 radical (unpaired) electrons. The third kappa shape index (κ3) is 5.39. The molecule has 1 aromatic rings. The Morgan fingerprint density at radius 3 is 2.90 bits per heavy atom. The third-order valence-electron chi connectivity index (χ3n) is 6.46. The quantitative estimate of drug-likeness (QED) is 0.582. The summed E-state index contributed by atoms with van der Waals surface area (Å²) in [5.41, 5.74) is 1.22. The number of aliphatic imine (C=N–C) groups is 1. The Labute approximate surface area is 174 Å². The molecule has 7 nitrogen and oxygen atoms in total. The smallest absolute Gasteiger partial charge is 0.191 e. The first-order chi connectivity index (χ1) is 14.2. The van der Waals surface area contributed by atoms with Crippen molar-refractivity contribution in [3.05, 3.63) is 23.9 Å². The fourth-order valence-corrected chi connectivity index (χ4v) is 4.85. The largest absolute Gasteiger partial charge is 0.375 e. The second-order valence-electron chi connectivity index (χ2n) is 8.64. The highest BCUT2D eigenvalue weighted by Crippen LogP contribution is 2.26. The first-order valence-corrected chi connectivity index (χ1v) is 11.2. The fraction of sp³-hybridized carbons (Fsp3) is 0.727. The van der Waals surface area contributed by atoms with Crippen LogP contribution < -0.4 is 15.5 Å². The summed E-state index contributed by atoms with van der Waals surface area (Å²) in [6.07, 6.45) is 8.92. The third-order valence-corrected chi connectivity index (χ3v) is 6.46. The molecule has 2 N–H and O–H groups in total. The van der Waals surface area contributed by atoms with E-state index in [-0.39, 0.29) is 6.10 Å². The average molecular weight is 401 g/mol. The van der Waals surface area contributed by atoms with Crippen LogP contribution in [0, 0.1) is 0 Å². The molecule has 2 atom stereocenters. The Morgan fingerprint density at radius 2 is 2.10 bits per heavy atom. The minimum absolute atomic E-state index is 0.255. The average Bonchev–Trinajstić information content (AvgIpc) is 3.43. The predicted molar refractivity (Wildman–Crippen MR) is 117 cm³/mol. The number of aromatic nitrogens is 1. The molecular formula is C22H36N6O. The molecule has 4 rings (SSSR count). The highest BCUT2D eigenvalue weighted by atomic mass is 16.5. The lowest BCUT2D eigenvalue weighted by Crippen LogP contribution is -2.45. The molecule has 0 aromatic carbocycles. The van der Waals surface area contributed by atoms with Gasteiger partial charge in [-0.2, -0.15) is 0 Å². The zero-order valence-electron chi connectivity index (χ0n) is 17.9. The topological polar surface area (TPSA) is 65.0 Å². The Kier molecular flexibility index (Phi) is 6.87. The molecule has 1 aromatic heterocycles. The standard InChI is InChI=1S/C22H36N6O/c1-17-15-28(11-12-29-17)21-13-18(7-9-24-21)14-25-22(23-2)26-19-8-10-27(16-19)20-5-3-4-6-20/h7,9,13,17,19-20H,3-6,8,10-12,14-16H2,1-2H3,(H2,23,25,26). The maximum Gasteiger partial charge on any atom is 0.191 e. The van der Waals surface area contributed by atoms with Gasteiger partial charge in [0, 0.05) is 58.1 Å². The molecular weight excluding hydrogens is 364 g/mol. The molecule has 1 saturated carbocycles. The van der Waals surface area contributed by atoms with E-state index in [1.54, 1.807) is 0 Å². The number of rotatable bonds is 5. The van der Waals surface area contributed by atoms with Crippen LogP contribution in [0.1, 0.15) is 44.6 Å². The summed E-state index contributed by atoms with van der Waals surface area (Å²) in [5.74, 6) is 1.92. The SMILES string of the molecule is CN=C(NCc1ccnc(N2CCOC(C)C2)c1)NC1CCN(C2CCCC2)C1. The van der Waals surface area contributed by atoms with Gasteiger partial charge < -0.3 is 20.3 Å². The second kappa shape index (κ2) is 9.76. The van der Waals surface area contributed by atoms with Crippen molar-refractivity contribution in [2.45, 2.75) is 63.8 Å². The lowest BCUT2D eigenvalue weighted by molar-refractivity contribution is 0.0529. The number of pyridine rings is 1. The van der Waals surface area contributed by atoms with Crippen molar-refractivity contribution in [1.82, 2.24) is 20.5 Å². The summed E-state index contributed by atoms with van der Waals surface area (Å²) in [5, 5.41) is 7.11. The maximum atomic E-state index is 5.65. The van der Waals surface area contributed by atoms with Gasteiger partial charge in [-0.3, -0.25) is 9.89 Å². The van der Waals surface area contributed by atoms with Crippen LogP contribution in [-0.4, -0.2) is 73.9 Å². The molecule has 0 bridgehead atoms. The number of nitrogens with zero attached hydrogens (tertiary/aromatic N) is 4. The minimum atomic E-state index is 0.255. The van der Waals surface area contributed by atoms with Gasteiger partial charge in [0.1, 0.15) is 5.82 Å². The zero-order valence-corrected chi connectivity index (χ0v) is 17.9. The fourth-order valence-electron chi connectivity index (χ4n) is 4.85. The van der Waals surface area contributed by atoms with Crippen molar-refractivity contribution in [1.29, 1.82) is 0 Å². The molecule has 2 unspecified atom stereocenters. The van der Waals surface area contributed by atoms with Gasteiger partial charge >= 0.3 is 0 Å². The van der Waals surface area contributed by atoms with Crippen LogP contribution in [0.2, 0.25) is 0 Å². The highest BCUT2D eigenvalue weighted by molar-refractivity contribution is 5.80. The molecule has 2 aliphatic heterocycles. The molecule has 0 amide bonds. The molecule has 2 saturated heterocycles. The van der Waals surface area contributed by atoms with Crippen LogP contribution in [-0.2, 0) is 11.3 Å². The van der Waals surface area contributed by atoms with Crippen LogP contribution in [0.5, 0.6) is 0 Å². The first-order valence-electron chi connectivity index (χ1n) is 11.2. The summed E-state index contributed by atoms with van der Waals surface area (Å²) in [4.78, 5) is 14.0. The van der Waals surface area contributed by atoms with Gasteiger partial charge in [-0.15, -0.1) is 0 Å². The van der Waals surface area contributed by atoms with E-state index in [9.17, 15) is 0 Å². The lowest BCUT2D eigenvalue weighted by Gasteiger charge is -2.32. The summed E-state index contributed by atoms with van der Waals surface area (Å²) in [7, 11) is 1.85. The van der Waals surface area contributed by atoms with Gasteiger partial charge in [-0.1, -0.05) is 12.8 Å². The summed E-state index contributed by atoms with van der Waals surface area (Å²) in [6.45, 7) is 7.77. The molecule has 7 heteroatoms. The number of hydrogen-bond donors (Lipinski definition) is 2.